The number of carbonyl (C=O) groups is 1. The van der Waals surface area contributed by atoms with Crippen molar-refractivity contribution in [1.82, 2.24) is 10.2 Å². The first kappa shape index (κ1) is 10.5. The highest BCUT2D eigenvalue weighted by Crippen LogP contribution is 2.08. The Labute approximate surface area is 80.5 Å². The number of hydrogen-bond acceptors (Lipinski definition) is 2. The molecule has 1 fully saturated rings. The first-order valence-electron chi connectivity index (χ1n) is 5.02. The van der Waals surface area contributed by atoms with Crippen molar-refractivity contribution in [1.29, 1.82) is 0 Å². The van der Waals surface area contributed by atoms with E-state index in [-0.39, 0.29) is 5.54 Å². The summed E-state index contributed by atoms with van der Waals surface area (Å²) in [6, 6.07) is 0. The third kappa shape index (κ3) is 3.77. The van der Waals surface area contributed by atoms with E-state index in [2.05, 4.69) is 26.1 Å². The molecule has 0 radical (unpaired) electrons. The Morgan fingerprint density at radius 1 is 1.46 bits per heavy atom. The average Bonchev–Trinajstić information content (AvgIpc) is 2.34. The maximum Gasteiger partial charge on any atom is 0.222 e. The van der Waals surface area contributed by atoms with Crippen molar-refractivity contribution in [3.63, 3.8) is 0 Å². The topological polar surface area (TPSA) is 32.3 Å². The lowest BCUT2D eigenvalue weighted by Crippen LogP contribution is -2.41. The van der Waals surface area contributed by atoms with Crippen LogP contribution in [0.1, 0.15) is 33.6 Å². The largest absolute Gasteiger partial charge is 0.341 e. The second-order valence-electron chi connectivity index (χ2n) is 4.66. The Morgan fingerprint density at radius 2 is 2.15 bits per heavy atom. The van der Waals surface area contributed by atoms with E-state index in [1.807, 2.05) is 4.90 Å². The second kappa shape index (κ2) is 4.09. The Balaban J connectivity index is 2.16. The van der Waals surface area contributed by atoms with Gasteiger partial charge >= 0.3 is 0 Å². The van der Waals surface area contributed by atoms with E-state index in [0.717, 1.165) is 32.5 Å². The predicted molar refractivity (Wildman–Crippen MR) is 53.6 cm³/mol. The minimum Gasteiger partial charge on any atom is -0.341 e. The van der Waals surface area contributed by atoms with Crippen LogP contribution in [-0.4, -0.2) is 36.0 Å². The lowest BCUT2D eigenvalue weighted by molar-refractivity contribution is -0.127. The van der Waals surface area contributed by atoms with E-state index in [9.17, 15) is 4.79 Å². The lowest BCUT2D eigenvalue weighted by Gasteiger charge is -2.23. The summed E-state index contributed by atoms with van der Waals surface area (Å²) >= 11 is 0. The van der Waals surface area contributed by atoms with Crippen LogP contribution in [0.2, 0.25) is 0 Å². The molecular formula is C10H20N2O. The Morgan fingerprint density at radius 3 is 2.62 bits per heavy atom. The number of nitrogens with one attached hydrogen (secondary N) is 1. The molecule has 1 aliphatic rings. The van der Waals surface area contributed by atoms with Crippen LogP contribution in [0.25, 0.3) is 0 Å². The SMILES string of the molecule is CC(C)(C)NCCN1CCCC1=O. The third-order valence-corrected chi connectivity index (χ3v) is 2.21. The van der Waals surface area contributed by atoms with Crippen molar-refractivity contribution >= 4 is 5.91 Å². The van der Waals surface area contributed by atoms with Gasteiger partial charge in [-0.1, -0.05) is 0 Å². The van der Waals surface area contributed by atoms with Gasteiger partial charge in [0, 0.05) is 31.6 Å². The molecule has 13 heavy (non-hydrogen) atoms. The van der Waals surface area contributed by atoms with Crippen LogP contribution in [0.15, 0.2) is 0 Å². The van der Waals surface area contributed by atoms with Crippen molar-refractivity contribution in [2.45, 2.75) is 39.2 Å². The van der Waals surface area contributed by atoms with Crippen molar-refractivity contribution in [2.75, 3.05) is 19.6 Å². The first-order valence-corrected chi connectivity index (χ1v) is 5.02. The fourth-order valence-corrected chi connectivity index (χ4v) is 1.51. The summed E-state index contributed by atoms with van der Waals surface area (Å²) < 4.78 is 0. The zero-order valence-electron chi connectivity index (χ0n) is 8.89. The zero-order chi connectivity index (χ0) is 9.90. The zero-order valence-corrected chi connectivity index (χ0v) is 8.89. The summed E-state index contributed by atoms with van der Waals surface area (Å²) in [5.41, 5.74) is 0.156. The summed E-state index contributed by atoms with van der Waals surface area (Å²) in [4.78, 5) is 13.2. The molecule has 0 aromatic heterocycles. The van der Waals surface area contributed by atoms with Crippen LogP contribution in [0, 0.1) is 0 Å². The van der Waals surface area contributed by atoms with Gasteiger partial charge in [0.05, 0.1) is 0 Å². The molecule has 0 bridgehead atoms. The van der Waals surface area contributed by atoms with Gasteiger partial charge in [0.2, 0.25) is 5.91 Å². The molecule has 0 saturated carbocycles. The highest BCUT2D eigenvalue weighted by Gasteiger charge is 2.19. The molecule has 0 spiro atoms. The van der Waals surface area contributed by atoms with Crippen molar-refractivity contribution in [2.24, 2.45) is 0 Å². The first-order chi connectivity index (χ1) is 5.99. The van der Waals surface area contributed by atoms with E-state index in [1.165, 1.54) is 0 Å². The van der Waals surface area contributed by atoms with E-state index in [1.54, 1.807) is 0 Å². The van der Waals surface area contributed by atoms with Gasteiger partial charge in [0.25, 0.3) is 0 Å². The van der Waals surface area contributed by atoms with Gasteiger partial charge in [-0.05, 0) is 27.2 Å². The molecule has 76 valence electrons. The summed E-state index contributed by atoms with van der Waals surface area (Å²) in [6.07, 6.45) is 1.78. The molecule has 1 aliphatic heterocycles. The molecule has 0 aliphatic carbocycles. The van der Waals surface area contributed by atoms with Crippen molar-refractivity contribution in [3.8, 4) is 0 Å². The number of nitrogens with zero attached hydrogens (tertiary/aromatic N) is 1. The predicted octanol–water partition coefficient (Wildman–Crippen LogP) is 0.997. The van der Waals surface area contributed by atoms with Crippen LogP contribution >= 0.6 is 0 Å². The van der Waals surface area contributed by atoms with Crippen molar-refractivity contribution in [3.05, 3.63) is 0 Å². The molecule has 0 unspecified atom stereocenters. The van der Waals surface area contributed by atoms with E-state index >= 15 is 0 Å². The number of carbonyl (C=O) groups excluding carboxylic acids is 1. The normalized spacial score (nSPS) is 18.4. The lowest BCUT2D eigenvalue weighted by atomic mass is 10.1. The van der Waals surface area contributed by atoms with Crippen LogP contribution in [0.5, 0.6) is 0 Å². The Bertz CT molecular complexity index is 184. The van der Waals surface area contributed by atoms with E-state index in [4.69, 9.17) is 0 Å². The number of hydrogen-bond donors (Lipinski definition) is 1. The van der Waals surface area contributed by atoms with Gasteiger partial charge in [-0.2, -0.15) is 0 Å². The minimum absolute atomic E-state index is 0.156. The monoisotopic (exact) mass is 184 g/mol. The van der Waals surface area contributed by atoms with Crippen LogP contribution in [0.4, 0.5) is 0 Å². The molecule has 0 aromatic rings. The molecule has 1 saturated heterocycles. The summed E-state index contributed by atoms with van der Waals surface area (Å²) in [6.45, 7) is 9.12. The maximum atomic E-state index is 11.2. The third-order valence-electron chi connectivity index (χ3n) is 2.21. The van der Waals surface area contributed by atoms with Gasteiger partial charge < -0.3 is 10.2 Å². The van der Waals surface area contributed by atoms with Gasteiger partial charge in [0.1, 0.15) is 0 Å². The highest BCUT2D eigenvalue weighted by atomic mass is 16.2. The summed E-state index contributed by atoms with van der Waals surface area (Å²) in [7, 11) is 0. The van der Waals surface area contributed by atoms with Crippen LogP contribution in [-0.2, 0) is 4.79 Å². The van der Waals surface area contributed by atoms with Gasteiger partial charge in [0.15, 0.2) is 0 Å². The maximum absolute atomic E-state index is 11.2. The minimum atomic E-state index is 0.156. The standard InChI is InChI=1S/C10H20N2O/c1-10(2,3)11-6-8-12-7-4-5-9(12)13/h11H,4-8H2,1-3H3. The Hall–Kier alpha value is -0.570. The summed E-state index contributed by atoms with van der Waals surface area (Å²) in [5, 5.41) is 3.38. The van der Waals surface area contributed by atoms with Crippen LogP contribution < -0.4 is 5.32 Å². The van der Waals surface area contributed by atoms with E-state index < -0.39 is 0 Å². The average molecular weight is 184 g/mol. The number of rotatable bonds is 3. The molecule has 1 amide bonds. The molecule has 1 N–H and O–H groups in total. The molecule has 1 rings (SSSR count). The quantitative estimate of drug-likeness (QED) is 0.709. The highest BCUT2D eigenvalue weighted by molar-refractivity contribution is 5.78. The molecule has 3 heteroatoms. The Kier molecular flexibility index (Phi) is 3.31. The molecule has 0 aromatic carbocycles. The van der Waals surface area contributed by atoms with E-state index in [0.29, 0.717) is 5.91 Å². The summed E-state index contributed by atoms with van der Waals surface area (Å²) in [5.74, 6) is 0.315. The van der Waals surface area contributed by atoms with Gasteiger partial charge in [-0.3, -0.25) is 4.79 Å². The van der Waals surface area contributed by atoms with Crippen molar-refractivity contribution < 1.29 is 4.79 Å². The number of likely N-dealkylation sites (tertiary alicyclic amines) is 1. The molecule has 3 nitrogen and oxygen atoms in total. The fraction of sp³-hybridized carbons (Fsp3) is 0.900. The molecule has 0 atom stereocenters. The van der Waals surface area contributed by atoms with Gasteiger partial charge in [-0.25, -0.2) is 0 Å². The smallest absolute Gasteiger partial charge is 0.222 e. The van der Waals surface area contributed by atoms with Crippen LogP contribution in [0.3, 0.4) is 0 Å². The number of amides is 1. The molecule has 1 heterocycles. The fourth-order valence-electron chi connectivity index (χ4n) is 1.51. The van der Waals surface area contributed by atoms with Gasteiger partial charge in [-0.15, -0.1) is 0 Å². The molecular weight excluding hydrogens is 164 g/mol. The second-order valence-corrected chi connectivity index (χ2v) is 4.66.